The average Bonchev–Trinajstić information content (AvgIpc) is 2.29. The summed E-state index contributed by atoms with van der Waals surface area (Å²) in [6, 6.07) is 9.57. The molecule has 17 heavy (non-hydrogen) atoms. The summed E-state index contributed by atoms with van der Waals surface area (Å²) in [5.41, 5.74) is 12.7. The number of rotatable bonds is 1. The molecular weight excluding hydrogens is 329 g/mol. The van der Waals surface area contributed by atoms with Gasteiger partial charge in [-0.15, -0.1) is 0 Å². The van der Waals surface area contributed by atoms with Crippen LogP contribution in [-0.2, 0) is 0 Å². The first-order valence-corrected chi connectivity index (χ1v) is 5.78. The summed E-state index contributed by atoms with van der Waals surface area (Å²) in [6.07, 6.45) is 0. The first kappa shape index (κ1) is 11.6. The van der Waals surface area contributed by atoms with Crippen LogP contribution in [0.3, 0.4) is 0 Å². The van der Waals surface area contributed by atoms with Crippen molar-refractivity contribution in [2.24, 2.45) is 0 Å². The van der Waals surface area contributed by atoms with Crippen molar-refractivity contribution in [2.45, 2.75) is 0 Å². The fourth-order valence-electron chi connectivity index (χ4n) is 1.42. The molecular formula is C11H8IN5. The summed E-state index contributed by atoms with van der Waals surface area (Å²) in [5, 5.41) is 9.05. The molecule has 5 nitrogen and oxygen atoms in total. The monoisotopic (exact) mass is 337 g/mol. The van der Waals surface area contributed by atoms with E-state index in [1.54, 1.807) is 0 Å². The number of nitrogens with two attached hydrogens (primary N) is 2. The molecule has 1 aromatic heterocycles. The Morgan fingerprint density at radius 2 is 1.76 bits per heavy atom. The summed E-state index contributed by atoms with van der Waals surface area (Å²) in [5.74, 6) is 0.170. The minimum atomic E-state index is 0.0649. The maximum Gasteiger partial charge on any atom is 0.222 e. The van der Waals surface area contributed by atoms with E-state index in [4.69, 9.17) is 16.7 Å². The molecule has 0 unspecified atom stereocenters. The first-order valence-electron chi connectivity index (χ1n) is 4.71. The predicted molar refractivity (Wildman–Crippen MR) is 73.7 cm³/mol. The number of anilines is 2. The van der Waals surface area contributed by atoms with Gasteiger partial charge in [-0.05, 0) is 34.7 Å². The highest BCUT2D eigenvalue weighted by molar-refractivity contribution is 14.1. The fraction of sp³-hybridized carbons (Fsp3) is 0. The topological polar surface area (TPSA) is 102 Å². The van der Waals surface area contributed by atoms with E-state index in [1.165, 1.54) is 0 Å². The molecule has 1 heterocycles. The van der Waals surface area contributed by atoms with Crippen LogP contribution < -0.4 is 11.5 Å². The number of aromatic nitrogens is 2. The van der Waals surface area contributed by atoms with Crippen LogP contribution in [0.15, 0.2) is 24.3 Å². The standard InChI is InChI=1S/C11H8IN5/c12-7-3-1-6(2-4-7)9-8(5-13)10(14)17-11(15)16-9/h1-4H,(H4,14,15,16,17). The van der Waals surface area contributed by atoms with Crippen LogP contribution in [0.5, 0.6) is 0 Å². The molecule has 0 aliphatic rings. The Morgan fingerprint density at radius 1 is 1.12 bits per heavy atom. The quantitative estimate of drug-likeness (QED) is 0.773. The van der Waals surface area contributed by atoms with E-state index >= 15 is 0 Å². The Bertz CT molecular complexity index is 600. The predicted octanol–water partition coefficient (Wildman–Crippen LogP) is 1.78. The van der Waals surface area contributed by atoms with Gasteiger partial charge in [0.15, 0.2) is 0 Å². The van der Waals surface area contributed by atoms with Crippen molar-refractivity contribution >= 4 is 34.4 Å². The Balaban J connectivity index is 2.66. The summed E-state index contributed by atoms with van der Waals surface area (Å²) in [4.78, 5) is 7.84. The number of nitrogens with zero attached hydrogens (tertiary/aromatic N) is 3. The van der Waals surface area contributed by atoms with E-state index in [2.05, 4.69) is 32.6 Å². The van der Waals surface area contributed by atoms with Crippen molar-refractivity contribution in [2.75, 3.05) is 11.5 Å². The molecule has 0 radical (unpaired) electrons. The molecule has 0 fully saturated rings. The van der Waals surface area contributed by atoms with Crippen molar-refractivity contribution in [1.82, 2.24) is 9.97 Å². The number of nitriles is 1. The second-order valence-corrected chi connectivity index (χ2v) is 4.55. The van der Waals surface area contributed by atoms with Gasteiger partial charge in [0, 0.05) is 9.13 Å². The summed E-state index contributed by atoms with van der Waals surface area (Å²) < 4.78 is 1.10. The highest BCUT2D eigenvalue weighted by atomic mass is 127. The smallest absolute Gasteiger partial charge is 0.222 e. The van der Waals surface area contributed by atoms with Crippen LogP contribution in [0.4, 0.5) is 11.8 Å². The number of benzene rings is 1. The number of hydrogen-bond donors (Lipinski definition) is 2. The van der Waals surface area contributed by atoms with E-state index in [1.807, 2.05) is 30.3 Å². The maximum atomic E-state index is 9.05. The molecule has 0 saturated heterocycles. The molecule has 0 spiro atoms. The van der Waals surface area contributed by atoms with Crippen LogP contribution in [0.25, 0.3) is 11.3 Å². The van der Waals surface area contributed by atoms with Crippen LogP contribution >= 0.6 is 22.6 Å². The van der Waals surface area contributed by atoms with E-state index in [0.29, 0.717) is 5.69 Å². The zero-order valence-electron chi connectivity index (χ0n) is 8.68. The molecule has 0 saturated carbocycles. The van der Waals surface area contributed by atoms with Crippen LogP contribution in [0.2, 0.25) is 0 Å². The van der Waals surface area contributed by atoms with Gasteiger partial charge in [0.05, 0.1) is 5.69 Å². The molecule has 0 aliphatic carbocycles. The van der Waals surface area contributed by atoms with Crippen LogP contribution in [0, 0.1) is 14.9 Å². The lowest BCUT2D eigenvalue weighted by Crippen LogP contribution is -2.04. The van der Waals surface area contributed by atoms with Gasteiger partial charge in [0.2, 0.25) is 5.95 Å². The molecule has 6 heteroatoms. The van der Waals surface area contributed by atoms with Crippen molar-refractivity contribution < 1.29 is 0 Å². The highest BCUT2D eigenvalue weighted by Crippen LogP contribution is 2.25. The molecule has 0 aliphatic heterocycles. The van der Waals surface area contributed by atoms with Gasteiger partial charge in [-0.2, -0.15) is 10.2 Å². The van der Waals surface area contributed by atoms with E-state index in [9.17, 15) is 0 Å². The number of nitrogen functional groups attached to an aromatic ring is 2. The van der Waals surface area contributed by atoms with E-state index in [-0.39, 0.29) is 17.3 Å². The minimum absolute atomic E-state index is 0.0649. The molecule has 0 amide bonds. The van der Waals surface area contributed by atoms with Gasteiger partial charge in [0.25, 0.3) is 0 Å². The maximum absolute atomic E-state index is 9.05. The highest BCUT2D eigenvalue weighted by Gasteiger charge is 2.12. The Hall–Kier alpha value is -1.88. The summed E-state index contributed by atoms with van der Waals surface area (Å²) >= 11 is 2.20. The SMILES string of the molecule is N#Cc1c(N)nc(N)nc1-c1ccc(I)cc1. The van der Waals surface area contributed by atoms with Gasteiger partial charge < -0.3 is 11.5 Å². The number of hydrogen-bond acceptors (Lipinski definition) is 5. The fourth-order valence-corrected chi connectivity index (χ4v) is 1.78. The van der Waals surface area contributed by atoms with Crippen LogP contribution in [0.1, 0.15) is 5.56 Å². The molecule has 4 N–H and O–H groups in total. The molecule has 0 atom stereocenters. The van der Waals surface area contributed by atoms with Gasteiger partial charge in [-0.1, -0.05) is 12.1 Å². The third-order valence-electron chi connectivity index (χ3n) is 2.18. The van der Waals surface area contributed by atoms with E-state index < -0.39 is 0 Å². The zero-order valence-corrected chi connectivity index (χ0v) is 10.8. The lowest BCUT2D eigenvalue weighted by Gasteiger charge is -2.06. The first-order chi connectivity index (χ1) is 8.11. The lowest BCUT2D eigenvalue weighted by atomic mass is 10.1. The van der Waals surface area contributed by atoms with Crippen LogP contribution in [-0.4, -0.2) is 9.97 Å². The van der Waals surface area contributed by atoms with Crippen molar-refractivity contribution in [1.29, 1.82) is 5.26 Å². The summed E-state index contributed by atoms with van der Waals surface area (Å²) in [6.45, 7) is 0. The average molecular weight is 337 g/mol. The lowest BCUT2D eigenvalue weighted by molar-refractivity contribution is 1.18. The van der Waals surface area contributed by atoms with Gasteiger partial charge in [-0.25, -0.2) is 4.98 Å². The van der Waals surface area contributed by atoms with Crippen molar-refractivity contribution in [3.8, 4) is 17.3 Å². The molecule has 2 aromatic rings. The second kappa shape index (κ2) is 4.55. The summed E-state index contributed by atoms with van der Waals surface area (Å²) in [7, 11) is 0. The van der Waals surface area contributed by atoms with Gasteiger partial charge >= 0.3 is 0 Å². The minimum Gasteiger partial charge on any atom is -0.382 e. The third kappa shape index (κ3) is 2.29. The molecule has 2 rings (SSSR count). The Labute approximate surface area is 112 Å². The van der Waals surface area contributed by atoms with Crippen molar-refractivity contribution in [3.63, 3.8) is 0 Å². The Morgan fingerprint density at radius 3 is 2.35 bits per heavy atom. The van der Waals surface area contributed by atoms with Gasteiger partial charge in [0.1, 0.15) is 17.5 Å². The van der Waals surface area contributed by atoms with Gasteiger partial charge in [-0.3, -0.25) is 0 Å². The molecule has 84 valence electrons. The number of halogens is 1. The molecule has 0 bridgehead atoms. The van der Waals surface area contributed by atoms with E-state index in [0.717, 1.165) is 9.13 Å². The van der Waals surface area contributed by atoms with Crippen molar-refractivity contribution in [3.05, 3.63) is 33.4 Å². The normalized spacial score (nSPS) is 9.88. The molecule has 1 aromatic carbocycles. The zero-order chi connectivity index (χ0) is 12.4. The second-order valence-electron chi connectivity index (χ2n) is 3.31. The Kier molecular flexibility index (Phi) is 3.10. The third-order valence-corrected chi connectivity index (χ3v) is 2.90. The largest absolute Gasteiger partial charge is 0.382 e.